The van der Waals surface area contributed by atoms with Gasteiger partial charge in [0.05, 0.1) is 11.3 Å². The third-order valence-electron chi connectivity index (χ3n) is 4.54. The maximum atomic E-state index is 13.9. The van der Waals surface area contributed by atoms with E-state index in [1.165, 1.54) is 12.1 Å². The van der Waals surface area contributed by atoms with Crippen LogP contribution in [-0.4, -0.2) is 43.0 Å². The van der Waals surface area contributed by atoms with Crippen molar-refractivity contribution >= 4 is 22.7 Å². The maximum Gasteiger partial charge on any atom is 0.259 e. The number of allylic oxidation sites excluding steroid dienone is 1. The minimum absolute atomic E-state index is 0.0363. The number of rotatable bonds is 6. The van der Waals surface area contributed by atoms with Gasteiger partial charge in [0, 0.05) is 24.0 Å². The van der Waals surface area contributed by atoms with Crippen LogP contribution in [0.3, 0.4) is 0 Å². The van der Waals surface area contributed by atoms with Crippen LogP contribution in [0.1, 0.15) is 31.0 Å². The highest BCUT2D eigenvalue weighted by molar-refractivity contribution is 6.37. The highest BCUT2D eigenvalue weighted by Crippen LogP contribution is 2.41. The first-order chi connectivity index (χ1) is 12.0. The second kappa shape index (κ2) is 7.23. The van der Waals surface area contributed by atoms with Gasteiger partial charge in [-0.15, -0.1) is 0 Å². The second-order valence-electron chi connectivity index (χ2n) is 6.57. The molecule has 0 unspecified atom stereocenters. The molecule has 132 valence electrons. The number of hydrogen-bond donors (Lipinski definition) is 1. The number of hydrogen-bond acceptors (Lipinski definition) is 2. The molecule has 0 bridgehead atoms. The Morgan fingerprint density at radius 2 is 2.08 bits per heavy atom. The lowest BCUT2D eigenvalue weighted by molar-refractivity contribution is -0.113. The third-order valence-corrected chi connectivity index (χ3v) is 4.54. The average molecular weight is 341 g/mol. The molecule has 4 nitrogen and oxygen atoms in total. The van der Waals surface area contributed by atoms with E-state index in [2.05, 4.69) is 9.88 Å². The van der Waals surface area contributed by atoms with Crippen molar-refractivity contribution in [3.8, 4) is 0 Å². The van der Waals surface area contributed by atoms with Crippen LogP contribution in [0.25, 0.3) is 11.1 Å². The molecular weight excluding hydrogens is 317 g/mol. The number of anilines is 1. The number of carbonyl (C=O) groups excluding carboxylic acids is 1. The van der Waals surface area contributed by atoms with E-state index in [0.29, 0.717) is 24.1 Å². The highest BCUT2D eigenvalue weighted by atomic mass is 19.1. The van der Waals surface area contributed by atoms with Gasteiger partial charge in [0.15, 0.2) is 0 Å². The van der Waals surface area contributed by atoms with E-state index in [1.807, 2.05) is 39.3 Å². The fraction of sp³-hybridized carbons (Fsp3) is 0.350. The van der Waals surface area contributed by atoms with Crippen molar-refractivity contribution in [2.24, 2.45) is 0 Å². The van der Waals surface area contributed by atoms with Crippen molar-refractivity contribution in [3.63, 3.8) is 0 Å². The summed E-state index contributed by atoms with van der Waals surface area (Å²) in [5.41, 5.74) is 3.96. The number of aromatic amines is 1. The molecule has 0 radical (unpaired) electrons. The number of benzene rings is 1. The topological polar surface area (TPSA) is 39.3 Å². The molecule has 25 heavy (non-hydrogen) atoms. The Labute approximate surface area is 147 Å². The number of aromatic nitrogens is 1. The molecule has 5 heteroatoms. The van der Waals surface area contributed by atoms with Gasteiger partial charge in [-0.2, -0.15) is 0 Å². The van der Waals surface area contributed by atoms with Gasteiger partial charge in [0.2, 0.25) is 0 Å². The Bertz CT molecular complexity index is 793. The molecule has 1 aromatic heterocycles. The van der Waals surface area contributed by atoms with Gasteiger partial charge in [-0.3, -0.25) is 4.79 Å². The Morgan fingerprint density at radius 3 is 2.72 bits per heavy atom. The average Bonchev–Trinajstić information content (AvgIpc) is 3.18. The molecule has 2 heterocycles. The zero-order valence-corrected chi connectivity index (χ0v) is 15.0. The van der Waals surface area contributed by atoms with Crippen LogP contribution in [-0.2, 0) is 4.79 Å². The molecule has 0 atom stereocenters. The van der Waals surface area contributed by atoms with E-state index in [0.717, 1.165) is 29.9 Å². The van der Waals surface area contributed by atoms with Gasteiger partial charge in [-0.05, 0) is 69.4 Å². The summed E-state index contributed by atoms with van der Waals surface area (Å²) in [6.45, 7) is 3.54. The van der Waals surface area contributed by atoms with Crippen LogP contribution < -0.4 is 4.90 Å². The van der Waals surface area contributed by atoms with Crippen molar-refractivity contribution in [1.82, 2.24) is 9.88 Å². The van der Waals surface area contributed by atoms with Gasteiger partial charge in [-0.1, -0.05) is 6.92 Å². The number of halogens is 1. The molecule has 1 aliphatic heterocycles. The van der Waals surface area contributed by atoms with Crippen LogP contribution in [0.15, 0.2) is 36.5 Å². The van der Waals surface area contributed by atoms with Crippen molar-refractivity contribution < 1.29 is 9.18 Å². The molecule has 0 saturated heterocycles. The Balaban J connectivity index is 2.06. The minimum atomic E-state index is -0.318. The Morgan fingerprint density at radius 1 is 1.28 bits per heavy atom. The molecule has 1 N–H and O–H groups in total. The summed E-state index contributed by atoms with van der Waals surface area (Å²) in [6.07, 6.45) is 3.40. The largest absolute Gasteiger partial charge is 0.361 e. The number of amides is 1. The fourth-order valence-electron chi connectivity index (χ4n) is 3.38. The molecule has 0 fully saturated rings. The van der Waals surface area contributed by atoms with Crippen molar-refractivity contribution in [2.75, 3.05) is 32.1 Å². The Kier molecular flexibility index (Phi) is 5.04. The van der Waals surface area contributed by atoms with E-state index in [4.69, 9.17) is 0 Å². The van der Waals surface area contributed by atoms with Crippen LogP contribution >= 0.6 is 0 Å². The first-order valence-electron chi connectivity index (χ1n) is 8.66. The summed E-state index contributed by atoms with van der Waals surface area (Å²) >= 11 is 0. The lowest BCUT2D eigenvalue weighted by Gasteiger charge is -2.18. The van der Waals surface area contributed by atoms with E-state index >= 15 is 0 Å². The van der Waals surface area contributed by atoms with E-state index in [-0.39, 0.29) is 11.7 Å². The molecule has 0 aliphatic carbocycles. The third kappa shape index (κ3) is 3.37. The molecule has 2 aromatic rings. The van der Waals surface area contributed by atoms with Crippen LogP contribution in [0, 0.1) is 5.82 Å². The molecular formula is C20H24FN3O. The quantitative estimate of drug-likeness (QED) is 0.812. The second-order valence-corrected chi connectivity index (χ2v) is 6.57. The van der Waals surface area contributed by atoms with Crippen molar-refractivity contribution in [3.05, 3.63) is 53.6 Å². The molecule has 1 aromatic carbocycles. The minimum Gasteiger partial charge on any atom is -0.361 e. The standard InChI is InChI=1S/C20H24FN3O/c1-4-15(17-7-5-10-22-17)19-16-13-14(21)8-9-18(16)24(20(19)25)12-6-11-23(2)3/h5,7-10,13,22H,4,6,11-12H2,1-3H3/b19-15-. The van der Waals surface area contributed by atoms with Gasteiger partial charge in [-0.25, -0.2) is 4.39 Å². The monoisotopic (exact) mass is 341 g/mol. The number of H-pyrrole nitrogens is 1. The smallest absolute Gasteiger partial charge is 0.259 e. The lowest BCUT2D eigenvalue weighted by Crippen LogP contribution is -2.29. The summed E-state index contributed by atoms with van der Waals surface area (Å²) < 4.78 is 13.9. The van der Waals surface area contributed by atoms with Crippen molar-refractivity contribution in [2.45, 2.75) is 19.8 Å². The molecule has 3 rings (SSSR count). The first-order valence-corrected chi connectivity index (χ1v) is 8.66. The molecule has 0 spiro atoms. The SMILES string of the molecule is CC/C(=C1/C(=O)N(CCCN(C)C)c2ccc(F)cc21)c1ccc[nH]1. The Hall–Kier alpha value is -2.40. The summed E-state index contributed by atoms with van der Waals surface area (Å²) in [5.74, 6) is -0.355. The van der Waals surface area contributed by atoms with Gasteiger partial charge in [0.1, 0.15) is 5.82 Å². The van der Waals surface area contributed by atoms with Gasteiger partial charge >= 0.3 is 0 Å². The van der Waals surface area contributed by atoms with Crippen LogP contribution in [0.2, 0.25) is 0 Å². The summed E-state index contributed by atoms with van der Waals surface area (Å²) in [6, 6.07) is 8.48. The van der Waals surface area contributed by atoms with E-state index in [9.17, 15) is 9.18 Å². The summed E-state index contributed by atoms with van der Waals surface area (Å²) in [5, 5.41) is 0. The van der Waals surface area contributed by atoms with E-state index < -0.39 is 0 Å². The number of nitrogens with zero attached hydrogens (tertiary/aromatic N) is 2. The number of fused-ring (bicyclic) bond motifs is 1. The predicted octanol–water partition coefficient (Wildman–Crippen LogP) is 3.77. The number of nitrogens with one attached hydrogen (secondary N) is 1. The zero-order valence-electron chi connectivity index (χ0n) is 15.0. The highest BCUT2D eigenvalue weighted by Gasteiger charge is 2.34. The van der Waals surface area contributed by atoms with Gasteiger partial charge < -0.3 is 14.8 Å². The van der Waals surface area contributed by atoms with Crippen LogP contribution in [0.4, 0.5) is 10.1 Å². The predicted molar refractivity (Wildman–Crippen MR) is 99.8 cm³/mol. The summed E-state index contributed by atoms with van der Waals surface area (Å²) in [4.78, 5) is 20.2. The normalized spacial score (nSPS) is 15.9. The molecule has 1 amide bonds. The van der Waals surface area contributed by atoms with Crippen molar-refractivity contribution in [1.29, 1.82) is 0 Å². The fourth-order valence-corrected chi connectivity index (χ4v) is 3.38. The lowest BCUT2D eigenvalue weighted by atomic mass is 9.97. The van der Waals surface area contributed by atoms with E-state index in [1.54, 1.807) is 11.0 Å². The molecule has 1 aliphatic rings. The maximum absolute atomic E-state index is 13.9. The zero-order chi connectivity index (χ0) is 18.0. The van der Waals surface area contributed by atoms with Gasteiger partial charge in [0.25, 0.3) is 5.91 Å². The first kappa shape index (κ1) is 17.4. The van der Waals surface area contributed by atoms with Crippen LogP contribution in [0.5, 0.6) is 0 Å². The number of carbonyl (C=O) groups is 1. The molecule has 0 saturated carbocycles. The summed E-state index contributed by atoms with van der Waals surface area (Å²) in [7, 11) is 4.03.